The van der Waals surface area contributed by atoms with Crippen LogP contribution in [0.25, 0.3) is 0 Å². The number of β-amino-alcohol motifs (C(OH)–C–C–N with tert-alkyl or cyclic N) is 1. The molecule has 1 heterocycles. The maximum atomic E-state index is 11.0. The highest BCUT2D eigenvalue weighted by Gasteiger charge is 2.23. The number of carbonyl (C=O) groups excluding carboxylic acids is 1. The van der Waals surface area contributed by atoms with Crippen LogP contribution in [0.4, 0.5) is 5.69 Å². The monoisotopic (exact) mass is 320 g/mol. The number of rotatable bonds is 7. The minimum atomic E-state index is -0.489. The number of aliphatic hydroxyl groups is 1. The second kappa shape index (κ2) is 8.89. The second-order valence-corrected chi connectivity index (χ2v) is 6.22. The van der Waals surface area contributed by atoms with E-state index in [2.05, 4.69) is 17.1 Å². The molecule has 0 aliphatic carbocycles. The van der Waals surface area contributed by atoms with Gasteiger partial charge in [-0.2, -0.15) is 0 Å². The minimum absolute atomic E-state index is 0.0962. The molecule has 1 aromatic rings. The van der Waals surface area contributed by atoms with Crippen LogP contribution in [0.2, 0.25) is 0 Å². The van der Waals surface area contributed by atoms with Crippen molar-refractivity contribution in [3.05, 3.63) is 24.3 Å². The standard InChI is InChI=1S/C18H28N2O3/c1-3-16-6-4-5-11-20(16)12-17(22)13-23-18-9-7-15(8-10-18)19-14(2)21/h7-10,16-17,22H,3-6,11-13H2,1-2H3,(H,19,21). The average molecular weight is 320 g/mol. The largest absolute Gasteiger partial charge is 0.491 e. The summed E-state index contributed by atoms with van der Waals surface area (Å²) in [6.07, 6.45) is 4.39. The van der Waals surface area contributed by atoms with Gasteiger partial charge in [0.1, 0.15) is 18.5 Å². The highest BCUT2D eigenvalue weighted by atomic mass is 16.5. The Kier molecular flexibility index (Phi) is 6.86. The summed E-state index contributed by atoms with van der Waals surface area (Å²) in [6.45, 7) is 5.71. The Labute approximate surface area is 138 Å². The molecule has 0 saturated carbocycles. The van der Waals surface area contributed by atoms with Gasteiger partial charge in [0.05, 0.1) is 0 Å². The third-order valence-electron chi connectivity index (χ3n) is 4.28. The predicted octanol–water partition coefficient (Wildman–Crippen LogP) is 2.65. The number of carbonyl (C=O) groups is 1. The maximum absolute atomic E-state index is 11.0. The van der Waals surface area contributed by atoms with E-state index < -0.39 is 6.10 Å². The molecule has 1 aromatic carbocycles. The Hall–Kier alpha value is -1.59. The zero-order chi connectivity index (χ0) is 16.7. The van der Waals surface area contributed by atoms with Crippen molar-refractivity contribution in [2.24, 2.45) is 0 Å². The fraction of sp³-hybridized carbons (Fsp3) is 0.611. The number of anilines is 1. The molecular formula is C18H28N2O3. The lowest BCUT2D eigenvalue weighted by Gasteiger charge is -2.36. The number of hydrogen-bond donors (Lipinski definition) is 2. The van der Waals surface area contributed by atoms with Crippen molar-refractivity contribution in [1.29, 1.82) is 0 Å². The van der Waals surface area contributed by atoms with E-state index in [1.54, 1.807) is 24.3 Å². The van der Waals surface area contributed by atoms with E-state index >= 15 is 0 Å². The first-order valence-corrected chi connectivity index (χ1v) is 8.51. The van der Waals surface area contributed by atoms with Gasteiger partial charge in [-0.15, -0.1) is 0 Å². The van der Waals surface area contributed by atoms with Crippen LogP contribution in [0.1, 0.15) is 39.5 Å². The van der Waals surface area contributed by atoms with Crippen molar-refractivity contribution >= 4 is 11.6 Å². The van der Waals surface area contributed by atoms with Crippen molar-refractivity contribution in [3.8, 4) is 5.75 Å². The van der Waals surface area contributed by atoms with E-state index in [9.17, 15) is 9.90 Å². The number of ether oxygens (including phenoxy) is 1. The van der Waals surface area contributed by atoms with Gasteiger partial charge < -0.3 is 15.2 Å². The Bertz CT molecular complexity index is 490. The lowest BCUT2D eigenvalue weighted by atomic mass is 10.00. The minimum Gasteiger partial charge on any atom is -0.491 e. The Balaban J connectivity index is 1.77. The molecule has 0 aromatic heterocycles. The third-order valence-corrected chi connectivity index (χ3v) is 4.28. The first-order chi connectivity index (χ1) is 11.1. The SMILES string of the molecule is CCC1CCCCN1CC(O)COc1ccc(NC(C)=O)cc1. The lowest BCUT2D eigenvalue weighted by molar-refractivity contribution is -0.114. The maximum Gasteiger partial charge on any atom is 0.221 e. The fourth-order valence-corrected chi connectivity index (χ4v) is 3.12. The molecule has 1 aliphatic heterocycles. The van der Waals surface area contributed by atoms with Gasteiger partial charge in [-0.3, -0.25) is 9.69 Å². The number of hydrogen-bond acceptors (Lipinski definition) is 4. The average Bonchev–Trinajstić information content (AvgIpc) is 2.54. The van der Waals surface area contributed by atoms with Crippen molar-refractivity contribution in [1.82, 2.24) is 4.90 Å². The summed E-state index contributed by atoms with van der Waals surface area (Å²) in [5.41, 5.74) is 0.740. The summed E-state index contributed by atoms with van der Waals surface area (Å²) in [6, 6.07) is 7.78. The van der Waals surface area contributed by atoms with Crippen molar-refractivity contribution < 1.29 is 14.6 Å². The molecule has 2 rings (SSSR count). The molecule has 128 valence electrons. The van der Waals surface area contributed by atoms with Crippen molar-refractivity contribution in [2.75, 3.05) is 25.0 Å². The van der Waals surface area contributed by atoms with E-state index in [-0.39, 0.29) is 12.5 Å². The fourth-order valence-electron chi connectivity index (χ4n) is 3.12. The molecule has 1 saturated heterocycles. The highest BCUT2D eigenvalue weighted by molar-refractivity contribution is 5.88. The summed E-state index contributed by atoms with van der Waals surface area (Å²) in [5, 5.41) is 12.9. The number of aliphatic hydroxyl groups excluding tert-OH is 1. The summed E-state index contributed by atoms with van der Waals surface area (Å²) in [5.74, 6) is 0.602. The van der Waals surface area contributed by atoms with Crippen molar-refractivity contribution in [2.45, 2.75) is 51.7 Å². The molecule has 2 N–H and O–H groups in total. The number of amides is 1. The smallest absolute Gasteiger partial charge is 0.221 e. The van der Waals surface area contributed by atoms with Crippen LogP contribution < -0.4 is 10.1 Å². The molecule has 1 aliphatic rings. The van der Waals surface area contributed by atoms with Crippen LogP contribution >= 0.6 is 0 Å². The summed E-state index contributed by atoms with van der Waals surface area (Å²) < 4.78 is 5.65. The van der Waals surface area contributed by atoms with Gasteiger partial charge in [0.15, 0.2) is 0 Å². The van der Waals surface area contributed by atoms with Crippen LogP contribution in [0.15, 0.2) is 24.3 Å². The summed E-state index contributed by atoms with van der Waals surface area (Å²) >= 11 is 0. The molecule has 2 unspecified atom stereocenters. The number of benzene rings is 1. The van der Waals surface area contributed by atoms with Gasteiger partial charge in [-0.1, -0.05) is 13.3 Å². The second-order valence-electron chi connectivity index (χ2n) is 6.22. The molecule has 23 heavy (non-hydrogen) atoms. The van der Waals surface area contributed by atoms with Crippen LogP contribution in [-0.4, -0.2) is 47.8 Å². The Morgan fingerprint density at radius 3 is 2.78 bits per heavy atom. The van der Waals surface area contributed by atoms with Gasteiger partial charge in [-0.05, 0) is 50.1 Å². The Morgan fingerprint density at radius 2 is 2.13 bits per heavy atom. The van der Waals surface area contributed by atoms with E-state index in [4.69, 9.17) is 4.74 Å². The van der Waals surface area contributed by atoms with Gasteiger partial charge >= 0.3 is 0 Å². The molecule has 5 nitrogen and oxygen atoms in total. The zero-order valence-electron chi connectivity index (χ0n) is 14.1. The summed E-state index contributed by atoms with van der Waals surface area (Å²) in [4.78, 5) is 13.4. The van der Waals surface area contributed by atoms with Gasteiger partial charge in [0.25, 0.3) is 0 Å². The van der Waals surface area contributed by atoms with Crippen molar-refractivity contribution in [3.63, 3.8) is 0 Å². The number of nitrogens with zero attached hydrogens (tertiary/aromatic N) is 1. The molecular weight excluding hydrogens is 292 g/mol. The molecule has 0 radical (unpaired) electrons. The van der Waals surface area contributed by atoms with Crippen LogP contribution in [0.3, 0.4) is 0 Å². The van der Waals surface area contributed by atoms with Crippen LogP contribution in [0.5, 0.6) is 5.75 Å². The van der Waals surface area contributed by atoms with Gasteiger partial charge in [0, 0.05) is 25.2 Å². The van der Waals surface area contributed by atoms with E-state index in [0.29, 0.717) is 18.3 Å². The third kappa shape index (κ3) is 5.84. The zero-order valence-corrected chi connectivity index (χ0v) is 14.1. The molecule has 5 heteroatoms. The topological polar surface area (TPSA) is 61.8 Å². The number of piperidine rings is 1. The lowest BCUT2D eigenvalue weighted by Crippen LogP contribution is -2.44. The summed E-state index contributed by atoms with van der Waals surface area (Å²) in [7, 11) is 0. The quantitative estimate of drug-likeness (QED) is 0.811. The van der Waals surface area contributed by atoms with Crippen LogP contribution in [0, 0.1) is 0 Å². The molecule has 2 atom stereocenters. The van der Waals surface area contributed by atoms with Gasteiger partial charge in [-0.25, -0.2) is 0 Å². The molecule has 0 spiro atoms. The first-order valence-electron chi connectivity index (χ1n) is 8.51. The van der Waals surface area contributed by atoms with E-state index in [0.717, 1.165) is 18.7 Å². The number of nitrogens with one attached hydrogen (secondary N) is 1. The molecule has 0 bridgehead atoms. The molecule has 1 amide bonds. The predicted molar refractivity (Wildman–Crippen MR) is 91.8 cm³/mol. The normalized spacial score (nSPS) is 20.0. The first kappa shape index (κ1) is 17.8. The highest BCUT2D eigenvalue weighted by Crippen LogP contribution is 2.20. The van der Waals surface area contributed by atoms with Gasteiger partial charge in [0.2, 0.25) is 5.91 Å². The van der Waals surface area contributed by atoms with E-state index in [1.807, 2.05) is 0 Å². The van der Waals surface area contributed by atoms with Crippen LogP contribution in [-0.2, 0) is 4.79 Å². The molecule has 1 fully saturated rings. The number of likely N-dealkylation sites (tertiary alicyclic amines) is 1. The van der Waals surface area contributed by atoms with E-state index in [1.165, 1.54) is 26.2 Å². The Morgan fingerprint density at radius 1 is 1.39 bits per heavy atom.